The molecule has 6 nitrogen and oxygen atoms in total. The predicted molar refractivity (Wildman–Crippen MR) is 108 cm³/mol. The highest BCUT2D eigenvalue weighted by molar-refractivity contribution is 5.90. The van der Waals surface area contributed by atoms with Crippen molar-refractivity contribution in [3.63, 3.8) is 0 Å². The van der Waals surface area contributed by atoms with Gasteiger partial charge in [-0.25, -0.2) is 4.79 Å². The van der Waals surface area contributed by atoms with Crippen molar-refractivity contribution in [1.29, 1.82) is 0 Å². The van der Waals surface area contributed by atoms with Gasteiger partial charge < -0.3 is 19.2 Å². The van der Waals surface area contributed by atoms with Crippen LogP contribution in [0.2, 0.25) is 0 Å². The van der Waals surface area contributed by atoms with Crippen molar-refractivity contribution in [2.75, 3.05) is 13.7 Å². The number of hydrogen-bond acceptors (Lipinski definition) is 5. The Labute approximate surface area is 169 Å². The third kappa shape index (κ3) is 5.48. The largest absolute Gasteiger partial charge is 0.483 e. The highest BCUT2D eigenvalue weighted by Crippen LogP contribution is 2.21. The van der Waals surface area contributed by atoms with Crippen LogP contribution < -0.4 is 10.1 Å². The first kappa shape index (κ1) is 20.2. The van der Waals surface area contributed by atoms with E-state index >= 15 is 0 Å². The maximum absolute atomic E-state index is 12.2. The summed E-state index contributed by atoms with van der Waals surface area (Å²) in [7, 11) is 1.31. The molecule has 0 spiro atoms. The molecule has 3 aromatic rings. The molecule has 150 valence electrons. The fourth-order valence-corrected chi connectivity index (χ4v) is 2.93. The first-order valence-corrected chi connectivity index (χ1v) is 9.25. The number of rotatable bonds is 8. The zero-order valence-corrected chi connectivity index (χ0v) is 16.4. The first-order valence-electron chi connectivity index (χ1n) is 9.25. The first-order chi connectivity index (χ1) is 14.1. The number of carbonyl (C=O) groups excluding carboxylic acids is 2. The molecule has 0 bridgehead atoms. The molecule has 0 aliphatic carbocycles. The van der Waals surface area contributed by atoms with Crippen LogP contribution in [0.1, 0.15) is 33.0 Å². The molecule has 0 aliphatic rings. The van der Waals surface area contributed by atoms with Gasteiger partial charge in [-0.05, 0) is 30.2 Å². The predicted octanol–water partition coefficient (Wildman–Crippen LogP) is 3.66. The smallest absolute Gasteiger partial charge is 0.341 e. The van der Waals surface area contributed by atoms with E-state index in [0.29, 0.717) is 22.8 Å². The Morgan fingerprint density at radius 3 is 2.52 bits per heavy atom. The van der Waals surface area contributed by atoms with E-state index in [-0.39, 0.29) is 19.1 Å². The van der Waals surface area contributed by atoms with Crippen LogP contribution in [0.5, 0.6) is 5.75 Å². The van der Waals surface area contributed by atoms with Crippen LogP contribution in [0.4, 0.5) is 0 Å². The molecular formula is C23H23NO5. The zero-order chi connectivity index (χ0) is 20.6. The number of para-hydroxylation sites is 1. The molecule has 0 unspecified atom stereocenters. The van der Waals surface area contributed by atoms with Crippen LogP contribution in [0.3, 0.4) is 0 Å². The quantitative estimate of drug-likeness (QED) is 0.591. The summed E-state index contributed by atoms with van der Waals surface area (Å²) in [6.45, 7) is 1.71. The fourth-order valence-electron chi connectivity index (χ4n) is 2.93. The van der Waals surface area contributed by atoms with E-state index in [4.69, 9.17) is 13.9 Å². The molecular weight excluding hydrogens is 370 g/mol. The second-order valence-electron chi connectivity index (χ2n) is 6.51. The van der Waals surface area contributed by atoms with Gasteiger partial charge in [-0.1, -0.05) is 48.5 Å². The zero-order valence-electron chi connectivity index (χ0n) is 16.4. The normalized spacial score (nSPS) is 10.4. The van der Waals surface area contributed by atoms with Crippen LogP contribution in [0.15, 0.2) is 65.1 Å². The van der Waals surface area contributed by atoms with Crippen molar-refractivity contribution in [3.05, 3.63) is 88.9 Å². The van der Waals surface area contributed by atoms with Gasteiger partial charge in [-0.15, -0.1) is 0 Å². The minimum Gasteiger partial charge on any atom is -0.483 e. The number of carbonyl (C=O) groups is 2. The van der Waals surface area contributed by atoms with Gasteiger partial charge >= 0.3 is 5.97 Å². The van der Waals surface area contributed by atoms with Crippen LogP contribution in [0, 0.1) is 6.92 Å². The maximum atomic E-state index is 12.2. The number of ether oxygens (including phenoxy) is 2. The topological polar surface area (TPSA) is 77.8 Å². The Balaban J connectivity index is 1.54. The Morgan fingerprint density at radius 1 is 1.03 bits per heavy atom. The lowest BCUT2D eigenvalue weighted by molar-refractivity contribution is -0.123. The molecule has 2 aromatic carbocycles. The van der Waals surface area contributed by atoms with E-state index in [1.54, 1.807) is 13.0 Å². The van der Waals surface area contributed by atoms with Gasteiger partial charge in [0.15, 0.2) is 6.61 Å². The van der Waals surface area contributed by atoms with Gasteiger partial charge in [0, 0.05) is 6.42 Å². The second kappa shape index (κ2) is 9.59. The van der Waals surface area contributed by atoms with Crippen molar-refractivity contribution in [1.82, 2.24) is 5.32 Å². The summed E-state index contributed by atoms with van der Waals surface area (Å²) in [6.07, 6.45) is 0.723. The van der Waals surface area contributed by atoms with Crippen molar-refractivity contribution in [3.8, 4) is 5.75 Å². The van der Waals surface area contributed by atoms with Crippen LogP contribution in [-0.2, 0) is 22.5 Å². The van der Waals surface area contributed by atoms with Crippen LogP contribution in [0.25, 0.3) is 0 Å². The Morgan fingerprint density at radius 2 is 1.76 bits per heavy atom. The Hall–Kier alpha value is -3.54. The number of nitrogens with one attached hydrogen (secondary N) is 1. The molecule has 0 radical (unpaired) electrons. The molecule has 0 aliphatic heterocycles. The Kier molecular flexibility index (Phi) is 6.68. The van der Waals surface area contributed by atoms with Gasteiger partial charge in [-0.3, -0.25) is 4.79 Å². The summed E-state index contributed by atoms with van der Waals surface area (Å²) in [6, 6.07) is 19.3. The van der Waals surface area contributed by atoms with Gasteiger partial charge in [0.25, 0.3) is 5.91 Å². The van der Waals surface area contributed by atoms with Gasteiger partial charge in [0.2, 0.25) is 0 Å². The summed E-state index contributed by atoms with van der Waals surface area (Å²) in [4.78, 5) is 23.8. The third-order valence-corrected chi connectivity index (χ3v) is 4.40. The van der Waals surface area contributed by atoms with E-state index in [2.05, 4.69) is 17.4 Å². The summed E-state index contributed by atoms with van der Waals surface area (Å²) < 4.78 is 15.9. The number of furan rings is 1. The van der Waals surface area contributed by atoms with Gasteiger partial charge in [0.1, 0.15) is 22.8 Å². The van der Waals surface area contributed by atoms with E-state index in [1.807, 2.05) is 42.5 Å². The van der Waals surface area contributed by atoms with Crippen molar-refractivity contribution in [2.45, 2.75) is 19.9 Å². The van der Waals surface area contributed by atoms with Crippen molar-refractivity contribution >= 4 is 11.9 Å². The summed E-state index contributed by atoms with van der Waals surface area (Å²) in [5.74, 6) is 0.844. The highest BCUT2D eigenvalue weighted by atomic mass is 16.5. The molecule has 6 heteroatoms. The molecule has 3 rings (SSSR count). The number of esters is 1. The minimum absolute atomic E-state index is 0.116. The average molecular weight is 393 g/mol. The number of benzene rings is 2. The monoisotopic (exact) mass is 393 g/mol. The highest BCUT2D eigenvalue weighted by Gasteiger charge is 2.16. The lowest BCUT2D eigenvalue weighted by atomic mass is 10.0. The standard InChI is InChI=1S/C23H23NO5/c1-16-20(23(26)27-2)13-19(29-16)14-24-22(25)15-28-21-11-7-6-10-18(21)12-17-8-4-3-5-9-17/h3-11,13H,12,14-15H2,1-2H3,(H,24,25). The van der Waals surface area contributed by atoms with Crippen molar-refractivity contribution < 1.29 is 23.5 Å². The SMILES string of the molecule is COC(=O)c1cc(CNC(=O)COc2ccccc2Cc2ccccc2)oc1C. The maximum Gasteiger partial charge on any atom is 0.341 e. The summed E-state index contributed by atoms with van der Waals surface area (Å²) in [5, 5.41) is 2.73. The summed E-state index contributed by atoms with van der Waals surface area (Å²) in [5.41, 5.74) is 2.53. The second-order valence-corrected chi connectivity index (χ2v) is 6.51. The lowest BCUT2D eigenvalue weighted by Gasteiger charge is -2.11. The molecule has 1 amide bonds. The van der Waals surface area contributed by atoms with E-state index in [9.17, 15) is 9.59 Å². The molecule has 29 heavy (non-hydrogen) atoms. The van der Waals surface area contributed by atoms with E-state index < -0.39 is 5.97 Å². The fraction of sp³-hybridized carbons (Fsp3) is 0.217. The third-order valence-electron chi connectivity index (χ3n) is 4.40. The van der Waals surface area contributed by atoms with Gasteiger partial charge in [0.05, 0.1) is 13.7 Å². The van der Waals surface area contributed by atoms with Crippen LogP contribution >= 0.6 is 0 Å². The van der Waals surface area contributed by atoms with Crippen molar-refractivity contribution in [2.24, 2.45) is 0 Å². The van der Waals surface area contributed by atoms with Gasteiger partial charge in [-0.2, -0.15) is 0 Å². The minimum atomic E-state index is -0.470. The Bertz CT molecular complexity index is 978. The number of amides is 1. The number of methoxy groups -OCH3 is 1. The molecule has 0 saturated carbocycles. The lowest BCUT2D eigenvalue weighted by Crippen LogP contribution is -2.28. The molecule has 0 saturated heterocycles. The molecule has 1 aromatic heterocycles. The number of hydrogen-bond donors (Lipinski definition) is 1. The molecule has 0 fully saturated rings. The average Bonchev–Trinajstić information content (AvgIpc) is 3.12. The van der Waals surface area contributed by atoms with E-state index in [1.165, 1.54) is 12.7 Å². The number of aryl methyl sites for hydroxylation is 1. The summed E-state index contributed by atoms with van der Waals surface area (Å²) >= 11 is 0. The van der Waals surface area contributed by atoms with Crippen LogP contribution in [-0.4, -0.2) is 25.6 Å². The molecule has 1 N–H and O–H groups in total. The molecule has 1 heterocycles. The van der Waals surface area contributed by atoms with E-state index in [0.717, 1.165) is 12.0 Å². The molecule has 0 atom stereocenters.